The molecule has 0 unspecified atom stereocenters. The van der Waals surface area contributed by atoms with Gasteiger partial charge in [0.15, 0.2) is 0 Å². The number of fused-ring (bicyclic) bond motifs is 1. The van der Waals surface area contributed by atoms with E-state index in [9.17, 15) is 0 Å². The number of rotatable bonds is 1. The number of anilines is 1. The zero-order chi connectivity index (χ0) is 13.4. The minimum absolute atomic E-state index is 0.557. The fraction of sp³-hybridized carbons (Fsp3) is 0.333. The van der Waals surface area contributed by atoms with Crippen LogP contribution in [0.15, 0.2) is 24.3 Å². The molecule has 0 amide bonds. The average Bonchev–Trinajstić information content (AvgIpc) is 2.42. The van der Waals surface area contributed by atoms with Crippen molar-refractivity contribution >= 4 is 17.4 Å². The molecular weight excluding hydrogens is 258 g/mol. The first-order valence-electron chi connectivity index (χ1n) is 6.47. The summed E-state index contributed by atoms with van der Waals surface area (Å²) in [7, 11) is 0. The lowest BCUT2D eigenvalue weighted by Gasteiger charge is -2.31. The van der Waals surface area contributed by atoms with Crippen LogP contribution in [0.1, 0.15) is 22.5 Å². The van der Waals surface area contributed by atoms with Crippen molar-refractivity contribution < 1.29 is 0 Å². The molecule has 0 saturated heterocycles. The van der Waals surface area contributed by atoms with Gasteiger partial charge in [0.1, 0.15) is 16.8 Å². The van der Waals surface area contributed by atoms with E-state index in [-0.39, 0.29) is 0 Å². The maximum atomic E-state index is 6.16. The van der Waals surface area contributed by atoms with Gasteiger partial charge in [-0.15, -0.1) is 0 Å². The number of hydrogen-bond donors (Lipinski definition) is 0. The molecule has 4 heteroatoms. The zero-order valence-corrected chi connectivity index (χ0v) is 11.9. The van der Waals surface area contributed by atoms with Crippen molar-refractivity contribution in [2.24, 2.45) is 0 Å². The molecule has 1 aliphatic heterocycles. The maximum Gasteiger partial charge on any atom is 0.137 e. The summed E-state index contributed by atoms with van der Waals surface area (Å²) in [5, 5.41) is 0.557. The number of nitrogens with zero attached hydrogens (tertiary/aromatic N) is 3. The van der Waals surface area contributed by atoms with Gasteiger partial charge in [0, 0.05) is 18.7 Å². The van der Waals surface area contributed by atoms with Crippen LogP contribution in [0.2, 0.25) is 5.15 Å². The summed E-state index contributed by atoms with van der Waals surface area (Å²) in [4.78, 5) is 11.1. The van der Waals surface area contributed by atoms with Crippen molar-refractivity contribution in [2.45, 2.75) is 26.8 Å². The molecule has 0 fully saturated rings. The van der Waals surface area contributed by atoms with Crippen molar-refractivity contribution in [2.75, 3.05) is 11.4 Å². The molecule has 3 nitrogen and oxygen atoms in total. The van der Waals surface area contributed by atoms with E-state index in [1.807, 2.05) is 13.8 Å². The molecule has 19 heavy (non-hydrogen) atoms. The largest absolute Gasteiger partial charge is 0.352 e. The van der Waals surface area contributed by atoms with Gasteiger partial charge >= 0.3 is 0 Å². The first-order valence-corrected chi connectivity index (χ1v) is 6.85. The topological polar surface area (TPSA) is 29.0 Å². The van der Waals surface area contributed by atoms with Gasteiger partial charge in [-0.05, 0) is 31.4 Å². The van der Waals surface area contributed by atoms with E-state index in [1.54, 1.807) is 0 Å². The number of halogens is 1. The van der Waals surface area contributed by atoms with E-state index in [1.165, 1.54) is 11.1 Å². The monoisotopic (exact) mass is 273 g/mol. The van der Waals surface area contributed by atoms with Gasteiger partial charge in [0.05, 0.1) is 0 Å². The molecule has 0 atom stereocenters. The van der Waals surface area contributed by atoms with Crippen molar-refractivity contribution in [3.63, 3.8) is 0 Å². The van der Waals surface area contributed by atoms with Gasteiger partial charge in [-0.1, -0.05) is 35.9 Å². The molecule has 2 heterocycles. The Morgan fingerprint density at radius 3 is 2.63 bits per heavy atom. The Hall–Kier alpha value is -1.61. The van der Waals surface area contributed by atoms with Crippen LogP contribution >= 0.6 is 11.6 Å². The van der Waals surface area contributed by atoms with Crippen molar-refractivity contribution in [1.82, 2.24) is 9.97 Å². The van der Waals surface area contributed by atoms with Gasteiger partial charge in [-0.3, -0.25) is 0 Å². The predicted molar refractivity (Wildman–Crippen MR) is 77.7 cm³/mol. The van der Waals surface area contributed by atoms with Crippen LogP contribution in [0.5, 0.6) is 0 Å². The molecule has 0 saturated carbocycles. The van der Waals surface area contributed by atoms with Gasteiger partial charge in [0.25, 0.3) is 0 Å². The molecule has 1 aliphatic rings. The van der Waals surface area contributed by atoms with Crippen LogP contribution in [0.25, 0.3) is 0 Å². The molecule has 0 spiro atoms. The predicted octanol–water partition coefficient (Wildman–Crippen LogP) is 3.31. The summed E-state index contributed by atoms with van der Waals surface area (Å²) < 4.78 is 0. The molecule has 1 aromatic heterocycles. The molecule has 0 radical (unpaired) electrons. The summed E-state index contributed by atoms with van der Waals surface area (Å²) >= 11 is 6.16. The Balaban J connectivity index is 1.97. The number of aryl methyl sites for hydroxylation is 1. The average molecular weight is 274 g/mol. The van der Waals surface area contributed by atoms with Crippen LogP contribution in [-0.2, 0) is 13.0 Å². The quantitative estimate of drug-likeness (QED) is 0.747. The minimum atomic E-state index is 0.557. The first-order chi connectivity index (χ1) is 9.15. The Bertz CT molecular complexity index is 625. The summed E-state index contributed by atoms with van der Waals surface area (Å²) in [6.07, 6.45) is 1.05. The fourth-order valence-corrected chi connectivity index (χ4v) is 2.77. The van der Waals surface area contributed by atoms with E-state index in [4.69, 9.17) is 11.6 Å². The van der Waals surface area contributed by atoms with Gasteiger partial charge in [-0.25, -0.2) is 9.97 Å². The molecule has 3 rings (SSSR count). The smallest absolute Gasteiger partial charge is 0.137 e. The number of benzene rings is 1. The van der Waals surface area contributed by atoms with Crippen LogP contribution in [0.3, 0.4) is 0 Å². The highest BCUT2D eigenvalue weighted by molar-refractivity contribution is 6.30. The van der Waals surface area contributed by atoms with Crippen LogP contribution in [-0.4, -0.2) is 16.5 Å². The summed E-state index contributed by atoms with van der Waals surface area (Å²) in [5.74, 6) is 1.69. The van der Waals surface area contributed by atoms with Crippen LogP contribution in [0.4, 0.5) is 5.82 Å². The lowest BCUT2D eigenvalue weighted by Crippen LogP contribution is -2.31. The van der Waals surface area contributed by atoms with Crippen molar-refractivity contribution in [3.8, 4) is 0 Å². The van der Waals surface area contributed by atoms with Gasteiger partial charge in [-0.2, -0.15) is 0 Å². The maximum absolute atomic E-state index is 6.16. The van der Waals surface area contributed by atoms with E-state index in [0.717, 1.165) is 36.7 Å². The normalized spacial score (nSPS) is 14.4. The van der Waals surface area contributed by atoms with Gasteiger partial charge < -0.3 is 4.90 Å². The van der Waals surface area contributed by atoms with E-state index in [2.05, 4.69) is 39.1 Å². The lowest BCUT2D eigenvalue weighted by molar-refractivity contribution is 0.713. The molecular formula is C15H16ClN3. The van der Waals surface area contributed by atoms with E-state index < -0.39 is 0 Å². The Labute approximate surface area is 118 Å². The number of hydrogen-bond acceptors (Lipinski definition) is 3. The molecule has 0 aliphatic carbocycles. The van der Waals surface area contributed by atoms with Crippen molar-refractivity contribution in [1.29, 1.82) is 0 Å². The molecule has 1 aromatic carbocycles. The standard InChI is InChI=1S/C15H16ClN3/c1-10-14(16)17-11(2)18-15(10)19-8-7-12-5-3-4-6-13(12)9-19/h3-6H,7-9H2,1-2H3. The highest BCUT2D eigenvalue weighted by Crippen LogP contribution is 2.28. The van der Waals surface area contributed by atoms with Gasteiger partial charge in [0.2, 0.25) is 0 Å². The van der Waals surface area contributed by atoms with Crippen molar-refractivity contribution in [3.05, 3.63) is 51.9 Å². The highest BCUT2D eigenvalue weighted by Gasteiger charge is 2.20. The summed E-state index contributed by atoms with van der Waals surface area (Å²) in [6.45, 7) is 5.73. The number of aromatic nitrogens is 2. The molecule has 0 bridgehead atoms. The van der Waals surface area contributed by atoms with E-state index >= 15 is 0 Å². The molecule has 98 valence electrons. The van der Waals surface area contributed by atoms with Crippen LogP contribution < -0.4 is 4.90 Å². The summed E-state index contributed by atoms with van der Waals surface area (Å²) in [6, 6.07) is 8.59. The second-order valence-electron chi connectivity index (χ2n) is 4.95. The third-order valence-corrected chi connectivity index (χ3v) is 3.97. The Morgan fingerprint density at radius 2 is 1.84 bits per heavy atom. The molecule has 2 aromatic rings. The molecule has 0 N–H and O–H groups in total. The Morgan fingerprint density at radius 1 is 1.11 bits per heavy atom. The third kappa shape index (κ3) is 2.30. The van der Waals surface area contributed by atoms with E-state index in [0.29, 0.717) is 5.15 Å². The second kappa shape index (κ2) is 4.82. The fourth-order valence-electron chi connectivity index (χ4n) is 2.56. The third-order valence-electron chi connectivity index (χ3n) is 3.60. The SMILES string of the molecule is Cc1nc(Cl)c(C)c(N2CCc3ccccc3C2)n1. The zero-order valence-electron chi connectivity index (χ0n) is 11.2. The highest BCUT2D eigenvalue weighted by atomic mass is 35.5. The van der Waals surface area contributed by atoms with Crippen LogP contribution in [0, 0.1) is 13.8 Å². The summed E-state index contributed by atoms with van der Waals surface area (Å²) in [5.41, 5.74) is 3.78. The first kappa shape index (κ1) is 12.4. The second-order valence-corrected chi connectivity index (χ2v) is 5.31. The minimum Gasteiger partial charge on any atom is -0.352 e. The Kier molecular flexibility index (Phi) is 3.15. The lowest BCUT2D eigenvalue weighted by atomic mass is 10.00.